The summed E-state index contributed by atoms with van der Waals surface area (Å²) in [5.74, 6) is -2.83. The number of likely N-dealkylation sites (tertiary alicyclic amines) is 1. The molecule has 1 fully saturated rings. The number of anilines is 2. The zero-order valence-corrected chi connectivity index (χ0v) is 17.1. The van der Waals surface area contributed by atoms with Gasteiger partial charge in [0.2, 0.25) is 11.7 Å². The quantitative estimate of drug-likeness (QED) is 0.506. The van der Waals surface area contributed by atoms with Gasteiger partial charge >= 0.3 is 12.3 Å². The minimum atomic E-state index is -4.90. The van der Waals surface area contributed by atoms with E-state index in [4.69, 9.17) is 9.52 Å². The number of alkyl halides is 3. The number of aromatic nitrogens is 1. The molecular formula is C22H19F3N4O4. The third-order valence-corrected chi connectivity index (χ3v) is 5.09. The Hall–Kier alpha value is -4.02. The minimum Gasteiger partial charge on any atom is -0.465 e. The molecule has 8 nitrogen and oxygen atoms in total. The average molecular weight is 460 g/mol. The lowest BCUT2D eigenvalue weighted by atomic mass is 10.2. The zero-order chi connectivity index (χ0) is 23.6. The summed E-state index contributed by atoms with van der Waals surface area (Å²) in [6.45, 7) is 0.787. The Morgan fingerprint density at radius 1 is 1.06 bits per heavy atom. The van der Waals surface area contributed by atoms with E-state index in [2.05, 4.69) is 15.6 Å². The van der Waals surface area contributed by atoms with Crippen LogP contribution in [0, 0.1) is 0 Å². The summed E-state index contributed by atoms with van der Waals surface area (Å²) in [7, 11) is 0. The first kappa shape index (κ1) is 22.2. The Morgan fingerprint density at radius 3 is 2.33 bits per heavy atom. The van der Waals surface area contributed by atoms with Gasteiger partial charge < -0.3 is 25.1 Å². The van der Waals surface area contributed by atoms with Gasteiger partial charge in [0.25, 0.3) is 5.91 Å². The number of carboxylic acid groups (broad SMARTS) is 1. The van der Waals surface area contributed by atoms with E-state index in [1.807, 2.05) is 0 Å². The van der Waals surface area contributed by atoms with Gasteiger partial charge in [-0.25, -0.2) is 9.78 Å². The molecule has 1 aromatic heterocycles. The van der Waals surface area contributed by atoms with E-state index in [1.165, 1.54) is 29.2 Å². The van der Waals surface area contributed by atoms with Gasteiger partial charge in [-0.1, -0.05) is 18.2 Å². The molecule has 0 bridgehead atoms. The SMILES string of the molecule is O=C(Nc1ccc(N[C@H]2CCN(C(=O)O)C2)cc1)c1nc(-c2ccccc2)oc1C(F)(F)F. The van der Waals surface area contributed by atoms with Crippen LogP contribution >= 0.6 is 0 Å². The van der Waals surface area contributed by atoms with E-state index >= 15 is 0 Å². The number of hydrogen-bond donors (Lipinski definition) is 3. The predicted molar refractivity (Wildman–Crippen MR) is 113 cm³/mol. The highest BCUT2D eigenvalue weighted by Gasteiger charge is 2.42. The summed E-state index contributed by atoms with van der Waals surface area (Å²) in [5, 5.41) is 14.6. The first-order valence-corrected chi connectivity index (χ1v) is 10.00. The van der Waals surface area contributed by atoms with Gasteiger partial charge in [-0.05, 0) is 42.8 Å². The molecule has 0 radical (unpaired) electrons. The minimum absolute atomic E-state index is 0.0533. The van der Waals surface area contributed by atoms with Crippen LogP contribution in [0.25, 0.3) is 11.5 Å². The molecule has 0 aliphatic carbocycles. The predicted octanol–water partition coefficient (Wildman–Crippen LogP) is 4.78. The van der Waals surface area contributed by atoms with Crippen molar-refractivity contribution in [3.63, 3.8) is 0 Å². The number of carbonyl (C=O) groups is 2. The van der Waals surface area contributed by atoms with Crippen molar-refractivity contribution in [2.45, 2.75) is 18.6 Å². The molecule has 2 aromatic carbocycles. The highest BCUT2D eigenvalue weighted by atomic mass is 19.4. The van der Waals surface area contributed by atoms with Crippen molar-refractivity contribution in [1.29, 1.82) is 0 Å². The van der Waals surface area contributed by atoms with Crippen molar-refractivity contribution in [3.8, 4) is 11.5 Å². The fourth-order valence-corrected chi connectivity index (χ4v) is 3.50. The van der Waals surface area contributed by atoms with Crippen molar-refractivity contribution in [3.05, 3.63) is 66.1 Å². The molecule has 0 saturated carbocycles. The highest BCUT2D eigenvalue weighted by molar-refractivity contribution is 6.04. The first-order chi connectivity index (χ1) is 15.7. The standard InChI is InChI=1S/C22H19F3N4O4/c23-22(24,25)18-17(28-20(33-18)13-4-2-1-3-5-13)19(30)27-15-8-6-14(7-9-15)26-16-10-11-29(12-16)21(31)32/h1-9,16,26H,10-12H2,(H,27,30)(H,31,32)/t16-/m0/s1. The second-order valence-electron chi connectivity index (χ2n) is 7.45. The van der Waals surface area contributed by atoms with Gasteiger partial charge in [0, 0.05) is 36.1 Å². The topological polar surface area (TPSA) is 108 Å². The van der Waals surface area contributed by atoms with Crippen LogP contribution in [0.5, 0.6) is 0 Å². The van der Waals surface area contributed by atoms with E-state index in [0.717, 1.165) is 0 Å². The molecule has 11 heteroatoms. The zero-order valence-electron chi connectivity index (χ0n) is 17.1. The lowest BCUT2D eigenvalue weighted by Crippen LogP contribution is -2.30. The summed E-state index contributed by atoms with van der Waals surface area (Å²) < 4.78 is 45.2. The number of rotatable bonds is 5. The number of nitrogens with zero attached hydrogens (tertiary/aromatic N) is 2. The Kier molecular flexibility index (Phi) is 5.95. The van der Waals surface area contributed by atoms with E-state index < -0.39 is 29.6 Å². The molecule has 3 N–H and O–H groups in total. The Bertz CT molecular complexity index is 1150. The highest BCUT2D eigenvalue weighted by Crippen LogP contribution is 2.35. The second kappa shape index (κ2) is 8.85. The number of carbonyl (C=O) groups excluding carboxylic acids is 1. The van der Waals surface area contributed by atoms with Crippen LogP contribution in [0.15, 0.2) is 59.0 Å². The van der Waals surface area contributed by atoms with Crippen LogP contribution in [0.4, 0.5) is 29.3 Å². The smallest absolute Gasteiger partial charge is 0.452 e. The normalized spacial score (nSPS) is 16.0. The molecule has 172 valence electrons. The molecule has 1 aliphatic rings. The van der Waals surface area contributed by atoms with Crippen molar-refractivity contribution in [1.82, 2.24) is 9.88 Å². The lowest BCUT2D eigenvalue weighted by molar-refractivity contribution is -0.153. The van der Waals surface area contributed by atoms with Crippen LogP contribution in [-0.4, -0.2) is 46.1 Å². The third-order valence-electron chi connectivity index (χ3n) is 5.09. The maximum absolute atomic E-state index is 13.4. The van der Waals surface area contributed by atoms with Crippen LogP contribution < -0.4 is 10.6 Å². The van der Waals surface area contributed by atoms with Gasteiger partial charge in [0.15, 0.2) is 5.69 Å². The largest absolute Gasteiger partial charge is 0.465 e. The van der Waals surface area contributed by atoms with Crippen molar-refractivity contribution < 1.29 is 32.3 Å². The van der Waals surface area contributed by atoms with Crippen molar-refractivity contribution >= 4 is 23.4 Å². The molecule has 2 heterocycles. The van der Waals surface area contributed by atoms with Gasteiger partial charge in [0.1, 0.15) is 0 Å². The Morgan fingerprint density at radius 2 is 1.73 bits per heavy atom. The maximum Gasteiger partial charge on any atom is 0.452 e. The Labute approximate surface area is 186 Å². The van der Waals surface area contributed by atoms with Crippen LogP contribution in [0.2, 0.25) is 0 Å². The second-order valence-corrected chi connectivity index (χ2v) is 7.45. The summed E-state index contributed by atoms with van der Waals surface area (Å²) in [5.41, 5.74) is 0.407. The number of benzene rings is 2. The third kappa shape index (κ3) is 5.08. The molecule has 3 aromatic rings. The summed E-state index contributed by atoms with van der Waals surface area (Å²) in [6, 6.07) is 14.3. The van der Waals surface area contributed by atoms with Crippen LogP contribution in [-0.2, 0) is 6.18 Å². The molecule has 33 heavy (non-hydrogen) atoms. The maximum atomic E-state index is 13.4. The lowest BCUT2D eigenvalue weighted by Gasteiger charge is -2.15. The van der Waals surface area contributed by atoms with Gasteiger partial charge in [0.05, 0.1) is 0 Å². The van der Waals surface area contributed by atoms with Gasteiger partial charge in [-0.15, -0.1) is 0 Å². The van der Waals surface area contributed by atoms with E-state index in [-0.39, 0.29) is 17.6 Å². The first-order valence-electron chi connectivity index (χ1n) is 10.00. The molecule has 2 amide bonds. The van der Waals surface area contributed by atoms with E-state index in [9.17, 15) is 22.8 Å². The van der Waals surface area contributed by atoms with Crippen molar-refractivity contribution in [2.24, 2.45) is 0 Å². The molecule has 1 atom stereocenters. The number of hydrogen-bond acceptors (Lipinski definition) is 5. The average Bonchev–Trinajstić information content (AvgIpc) is 3.43. The number of amides is 2. The van der Waals surface area contributed by atoms with Crippen LogP contribution in [0.3, 0.4) is 0 Å². The number of halogens is 3. The summed E-state index contributed by atoms with van der Waals surface area (Å²) in [6.07, 6.45) is -5.22. The summed E-state index contributed by atoms with van der Waals surface area (Å²) in [4.78, 5) is 28.7. The monoisotopic (exact) mass is 460 g/mol. The van der Waals surface area contributed by atoms with Gasteiger partial charge in [-0.2, -0.15) is 13.2 Å². The van der Waals surface area contributed by atoms with E-state index in [0.29, 0.717) is 30.8 Å². The molecule has 1 aliphatic heterocycles. The molecule has 1 saturated heterocycles. The fourth-order valence-electron chi connectivity index (χ4n) is 3.50. The Balaban J connectivity index is 1.47. The number of oxazole rings is 1. The number of nitrogens with one attached hydrogen (secondary N) is 2. The molecular weight excluding hydrogens is 441 g/mol. The van der Waals surface area contributed by atoms with E-state index in [1.54, 1.807) is 30.3 Å². The van der Waals surface area contributed by atoms with Gasteiger partial charge in [-0.3, -0.25) is 4.79 Å². The van der Waals surface area contributed by atoms with Crippen LogP contribution in [0.1, 0.15) is 22.7 Å². The fraction of sp³-hybridized carbons (Fsp3) is 0.227. The molecule has 4 rings (SSSR count). The summed E-state index contributed by atoms with van der Waals surface area (Å²) >= 11 is 0. The van der Waals surface area contributed by atoms with Crippen molar-refractivity contribution in [2.75, 3.05) is 23.7 Å². The molecule has 0 unspecified atom stereocenters. The molecule has 0 spiro atoms.